The number of aldehydes is 1. The smallest absolute Gasteiger partial charge is 0.129 e. The number of halogens is 1. The summed E-state index contributed by atoms with van der Waals surface area (Å²) in [5.41, 5.74) is 0. The molecule has 0 radical (unpaired) electrons. The van der Waals surface area contributed by atoms with Gasteiger partial charge in [-0.15, -0.1) is 22.9 Å². The lowest BCUT2D eigenvalue weighted by Crippen LogP contribution is -1.97. The lowest BCUT2D eigenvalue weighted by Gasteiger charge is -1.99. The fourth-order valence-corrected chi connectivity index (χ4v) is 1.80. The Bertz CT molecular complexity index is 195. The first-order valence-electron chi connectivity index (χ1n) is 2.93. The molecule has 0 fully saturated rings. The maximum atomic E-state index is 10.4. The van der Waals surface area contributed by atoms with E-state index in [0.717, 1.165) is 11.2 Å². The van der Waals surface area contributed by atoms with Gasteiger partial charge in [-0.05, 0) is 11.4 Å². The quantitative estimate of drug-likeness (QED) is 0.508. The first-order valence-corrected chi connectivity index (χ1v) is 4.34. The van der Waals surface area contributed by atoms with Crippen molar-refractivity contribution in [1.82, 2.24) is 0 Å². The van der Waals surface area contributed by atoms with Gasteiger partial charge >= 0.3 is 0 Å². The van der Waals surface area contributed by atoms with Crippen molar-refractivity contribution in [2.75, 3.05) is 5.88 Å². The third-order valence-electron chi connectivity index (χ3n) is 1.24. The maximum absolute atomic E-state index is 10.4. The van der Waals surface area contributed by atoms with E-state index in [1.54, 1.807) is 11.3 Å². The van der Waals surface area contributed by atoms with Crippen molar-refractivity contribution in [3.05, 3.63) is 22.4 Å². The molecular weight excluding hydrogens is 168 g/mol. The van der Waals surface area contributed by atoms with E-state index in [1.807, 2.05) is 17.5 Å². The van der Waals surface area contributed by atoms with Crippen molar-refractivity contribution >= 4 is 29.2 Å². The molecule has 0 aliphatic heterocycles. The fourth-order valence-electron chi connectivity index (χ4n) is 0.682. The van der Waals surface area contributed by atoms with Gasteiger partial charge in [0.1, 0.15) is 6.29 Å². The van der Waals surface area contributed by atoms with Crippen molar-refractivity contribution < 1.29 is 4.79 Å². The van der Waals surface area contributed by atoms with Crippen LogP contribution in [-0.4, -0.2) is 12.2 Å². The standard InChI is InChI=1S/C7H7ClOS/c8-4-6(5-9)7-2-1-3-10-7/h1-3,5-6H,4H2. The SMILES string of the molecule is O=CC(CCl)c1cccs1. The number of hydrogen-bond donors (Lipinski definition) is 0. The Hall–Kier alpha value is -0.340. The molecule has 0 N–H and O–H groups in total. The number of thiophene rings is 1. The predicted octanol–water partition coefficient (Wildman–Crippen LogP) is 2.27. The molecule has 1 atom stereocenters. The highest BCUT2D eigenvalue weighted by Crippen LogP contribution is 2.19. The summed E-state index contributed by atoms with van der Waals surface area (Å²) >= 11 is 7.10. The van der Waals surface area contributed by atoms with Crippen LogP contribution in [0.4, 0.5) is 0 Å². The number of alkyl halides is 1. The molecule has 0 aromatic carbocycles. The van der Waals surface area contributed by atoms with E-state index in [1.165, 1.54) is 0 Å². The van der Waals surface area contributed by atoms with Crippen LogP contribution in [0.15, 0.2) is 17.5 Å². The number of carbonyl (C=O) groups is 1. The summed E-state index contributed by atoms with van der Waals surface area (Å²) in [7, 11) is 0. The zero-order chi connectivity index (χ0) is 7.40. The molecule has 1 nitrogen and oxygen atoms in total. The van der Waals surface area contributed by atoms with Gasteiger partial charge in [-0.3, -0.25) is 0 Å². The van der Waals surface area contributed by atoms with Crippen molar-refractivity contribution in [2.24, 2.45) is 0 Å². The first kappa shape index (κ1) is 7.76. The van der Waals surface area contributed by atoms with Crippen LogP contribution in [0.2, 0.25) is 0 Å². The van der Waals surface area contributed by atoms with Gasteiger partial charge in [-0.25, -0.2) is 0 Å². The Morgan fingerprint density at radius 2 is 2.60 bits per heavy atom. The minimum atomic E-state index is -0.110. The molecule has 0 spiro atoms. The van der Waals surface area contributed by atoms with Crippen LogP contribution in [0.1, 0.15) is 10.8 Å². The predicted molar refractivity (Wildman–Crippen MR) is 43.8 cm³/mol. The molecule has 0 saturated carbocycles. The number of hydrogen-bond acceptors (Lipinski definition) is 2. The van der Waals surface area contributed by atoms with Crippen LogP contribution in [0.25, 0.3) is 0 Å². The van der Waals surface area contributed by atoms with E-state index in [0.29, 0.717) is 5.88 Å². The van der Waals surface area contributed by atoms with Gasteiger partial charge in [0.15, 0.2) is 0 Å². The molecule has 1 aromatic rings. The Kier molecular flexibility index (Phi) is 2.90. The molecule has 10 heavy (non-hydrogen) atoms. The average Bonchev–Trinajstić information content (AvgIpc) is 2.43. The minimum absolute atomic E-state index is 0.110. The van der Waals surface area contributed by atoms with E-state index in [-0.39, 0.29) is 5.92 Å². The highest BCUT2D eigenvalue weighted by Gasteiger charge is 2.08. The molecule has 0 aliphatic carbocycles. The number of carbonyl (C=O) groups excluding carboxylic acids is 1. The van der Waals surface area contributed by atoms with Gasteiger partial charge < -0.3 is 4.79 Å². The van der Waals surface area contributed by atoms with Gasteiger partial charge in [-0.1, -0.05) is 6.07 Å². The summed E-state index contributed by atoms with van der Waals surface area (Å²) in [5.74, 6) is 0.269. The summed E-state index contributed by atoms with van der Waals surface area (Å²) in [5, 5.41) is 1.94. The van der Waals surface area contributed by atoms with Gasteiger partial charge in [0.05, 0.1) is 5.92 Å². The van der Waals surface area contributed by atoms with E-state index < -0.39 is 0 Å². The monoisotopic (exact) mass is 174 g/mol. The van der Waals surface area contributed by atoms with Crippen LogP contribution in [0, 0.1) is 0 Å². The van der Waals surface area contributed by atoms with Gasteiger partial charge in [0.2, 0.25) is 0 Å². The van der Waals surface area contributed by atoms with Crippen molar-refractivity contribution in [3.63, 3.8) is 0 Å². The summed E-state index contributed by atoms with van der Waals surface area (Å²) in [6, 6.07) is 3.84. The molecule has 54 valence electrons. The first-order chi connectivity index (χ1) is 4.88. The molecule has 1 heterocycles. The molecule has 0 amide bonds. The summed E-state index contributed by atoms with van der Waals surface area (Å²) < 4.78 is 0. The molecule has 0 saturated heterocycles. The van der Waals surface area contributed by atoms with Crippen LogP contribution in [0.3, 0.4) is 0 Å². The third kappa shape index (κ3) is 1.58. The van der Waals surface area contributed by atoms with Crippen LogP contribution >= 0.6 is 22.9 Å². The molecule has 1 rings (SSSR count). The van der Waals surface area contributed by atoms with Crippen molar-refractivity contribution in [3.8, 4) is 0 Å². The lowest BCUT2D eigenvalue weighted by atomic mass is 10.2. The van der Waals surface area contributed by atoms with Crippen molar-refractivity contribution in [1.29, 1.82) is 0 Å². The average molecular weight is 175 g/mol. The third-order valence-corrected chi connectivity index (χ3v) is 2.58. The molecule has 3 heteroatoms. The zero-order valence-electron chi connectivity index (χ0n) is 5.29. The maximum Gasteiger partial charge on any atom is 0.129 e. The van der Waals surface area contributed by atoms with Gasteiger partial charge in [0.25, 0.3) is 0 Å². The van der Waals surface area contributed by atoms with E-state index in [9.17, 15) is 4.79 Å². The normalized spacial score (nSPS) is 12.9. The molecular formula is C7H7ClOS. The zero-order valence-corrected chi connectivity index (χ0v) is 6.86. The van der Waals surface area contributed by atoms with E-state index >= 15 is 0 Å². The Labute approximate surface area is 68.6 Å². The molecule has 0 aliphatic rings. The fraction of sp³-hybridized carbons (Fsp3) is 0.286. The second-order valence-electron chi connectivity index (χ2n) is 1.91. The lowest BCUT2D eigenvalue weighted by molar-refractivity contribution is -0.108. The molecule has 1 unspecified atom stereocenters. The Morgan fingerprint density at radius 3 is 3.00 bits per heavy atom. The minimum Gasteiger partial charge on any atom is -0.303 e. The molecule has 1 aromatic heterocycles. The van der Waals surface area contributed by atoms with Gasteiger partial charge in [-0.2, -0.15) is 0 Å². The van der Waals surface area contributed by atoms with Crippen molar-refractivity contribution in [2.45, 2.75) is 5.92 Å². The Balaban J connectivity index is 2.73. The second kappa shape index (κ2) is 3.74. The highest BCUT2D eigenvalue weighted by atomic mass is 35.5. The molecule has 0 bridgehead atoms. The second-order valence-corrected chi connectivity index (χ2v) is 3.20. The summed E-state index contributed by atoms with van der Waals surface area (Å²) in [6.45, 7) is 0. The highest BCUT2D eigenvalue weighted by molar-refractivity contribution is 7.10. The van der Waals surface area contributed by atoms with Gasteiger partial charge in [0, 0.05) is 10.8 Å². The van der Waals surface area contributed by atoms with Crippen LogP contribution in [0.5, 0.6) is 0 Å². The van der Waals surface area contributed by atoms with Crippen LogP contribution < -0.4 is 0 Å². The Morgan fingerprint density at radius 1 is 1.80 bits per heavy atom. The van der Waals surface area contributed by atoms with Crippen LogP contribution in [-0.2, 0) is 4.79 Å². The van der Waals surface area contributed by atoms with E-state index in [2.05, 4.69) is 0 Å². The summed E-state index contributed by atoms with van der Waals surface area (Å²) in [4.78, 5) is 11.4. The number of rotatable bonds is 3. The van der Waals surface area contributed by atoms with E-state index in [4.69, 9.17) is 11.6 Å². The topological polar surface area (TPSA) is 17.1 Å². The largest absolute Gasteiger partial charge is 0.303 e. The summed E-state index contributed by atoms with van der Waals surface area (Å²) in [6.07, 6.45) is 0.888.